The lowest BCUT2D eigenvalue weighted by Crippen LogP contribution is -2.27. The largest absolute Gasteiger partial charge is 0.503 e. The van der Waals surface area contributed by atoms with E-state index in [9.17, 15) is 14.7 Å². The van der Waals surface area contributed by atoms with E-state index in [2.05, 4.69) is 5.32 Å². The molecule has 0 spiro atoms. The van der Waals surface area contributed by atoms with Crippen LogP contribution in [0.1, 0.15) is 17.5 Å². The molecule has 24 heavy (non-hydrogen) atoms. The molecule has 2 aromatic rings. The number of nitrogens with one attached hydrogen (secondary N) is 1. The summed E-state index contributed by atoms with van der Waals surface area (Å²) in [4.78, 5) is 23.2. The Hall–Kier alpha value is -2.80. The second kappa shape index (κ2) is 8.73. The lowest BCUT2D eigenvalue weighted by molar-refractivity contribution is 0.139. The first-order chi connectivity index (χ1) is 11.6. The van der Waals surface area contributed by atoms with Crippen LogP contribution in [0.5, 0.6) is 5.75 Å². The molecule has 0 aliphatic carbocycles. The van der Waals surface area contributed by atoms with Crippen molar-refractivity contribution in [3.8, 4) is 5.75 Å². The molecule has 0 bridgehead atoms. The van der Waals surface area contributed by atoms with E-state index in [1.165, 1.54) is 10.6 Å². The Bertz CT molecular complexity index is 725. The maximum atomic E-state index is 11.6. The third-order valence-electron chi connectivity index (χ3n) is 3.47. The zero-order valence-electron chi connectivity index (χ0n) is 13.3. The summed E-state index contributed by atoms with van der Waals surface area (Å²) in [6, 6.07) is 10.4. The standard InChI is InChI=1S/C17H21N3O4/c18-11-13-4-6-14(7-5-13)12-24-17(23)19-8-2-10-20-9-1-3-15(21)16(20)22/h1,3-7,9,21H,2,8,10-12,18H2,(H,19,23). The van der Waals surface area contributed by atoms with E-state index in [4.69, 9.17) is 10.5 Å². The number of aromatic nitrogens is 1. The van der Waals surface area contributed by atoms with Crippen LogP contribution in [0.15, 0.2) is 47.4 Å². The Kier molecular flexibility index (Phi) is 6.39. The molecule has 0 unspecified atom stereocenters. The Morgan fingerprint density at radius 3 is 2.62 bits per heavy atom. The van der Waals surface area contributed by atoms with Crippen molar-refractivity contribution in [3.05, 3.63) is 64.1 Å². The van der Waals surface area contributed by atoms with Gasteiger partial charge >= 0.3 is 6.09 Å². The molecule has 1 amide bonds. The second-order valence-electron chi connectivity index (χ2n) is 5.27. The van der Waals surface area contributed by atoms with Crippen LogP contribution < -0.4 is 16.6 Å². The van der Waals surface area contributed by atoms with Crippen LogP contribution in [0, 0.1) is 0 Å². The minimum Gasteiger partial charge on any atom is -0.503 e. The molecule has 1 aromatic carbocycles. The number of ether oxygens (including phenoxy) is 1. The lowest BCUT2D eigenvalue weighted by Gasteiger charge is -2.08. The predicted octanol–water partition coefficient (Wildman–Crippen LogP) is 1.33. The maximum absolute atomic E-state index is 11.6. The zero-order chi connectivity index (χ0) is 17.4. The molecule has 0 atom stereocenters. The van der Waals surface area contributed by atoms with E-state index >= 15 is 0 Å². The molecule has 2 rings (SSSR count). The van der Waals surface area contributed by atoms with Gasteiger partial charge in [-0.1, -0.05) is 24.3 Å². The van der Waals surface area contributed by atoms with Crippen LogP contribution >= 0.6 is 0 Å². The van der Waals surface area contributed by atoms with Gasteiger partial charge in [0.05, 0.1) is 0 Å². The SMILES string of the molecule is NCc1ccc(COC(=O)NCCCn2cccc(O)c2=O)cc1. The van der Waals surface area contributed by atoms with Gasteiger partial charge in [-0.05, 0) is 29.7 Å². The number of benzene rings is 1. The van der Waals surface area contributed by atoms with Crippen LogP contribution in [0.25, 0.3) is 0 Å². The highest BCUT2D eigenvalue weighted by Gasteiger charge is 2.04. The van der Waals surface area contributed by atoms with Crippen LogP contribution in [-0.4, -0.2) is 22.3 Å². The van der Waals surface area contributed by atoms with E-state index in [1.807, 2.05) is 24.3 Å². The summed E-state index contributed by atoms with van der Waals surface area (Å²) in [5.41, 5.74) is 6.98. The van der Waals surface area contributed by atoms with Gasteiger partial charge in [-0.3, -0.25) is 4.79 Å². The van der Waals surface area contributed by atoms with Crippen molar-refractivity contribution in [2.45, 2.75) is 26.1 Å². The number of amides is 1. The molecule has 4 N–H and O–H groups in total. The molecule has 7 heteroatoms. The van der Waals surface area contributed by atoms with Gasteiger partial charge in [0.2, 0.25) is 0 Å². The van der Waals surface area contributed by atoms with Crippen LogP contribution in [-0.2, 0) is 24.4 Å². The molecule has 0 radical (unpaired) electrons. The van der Waals surface area contributed by atoms with Crippen molar-refractivity contribution in [2.24, 2.45) is 5.73 Å². The molecular weight excluding hydrogens is 310 g/mol. The first-order valence-corrected chi connectivity index (χ1v) is 7.67. The van der Waals surface area contributed by atoms with Gasteiger partial charge in [-0.25, -0.2) is 4.79 Å². The van der Waals surface area contributed by atoms with Crippen molar-refractivity contribution in [1.82, 2.24) is 9.88 Å². The topological polar surface area (TPSA) is 107 Å². The van der Waals surface area contributed by atoms with Gasteiger partial charge in [-0.2, -0.15) is 0 Å². The van der Waals surface area contributed by atoms with Crippen LogP contribution in [0.2, 0.25) is 0 Å². The number of hydrogen-bond donors (Lipinski definition) is 3. The van der Waals surface area contributed by atoms with Crippen molar-refractivity contribution in [1.29, 1.82) is 0 Å². The van der Waals surface area contributed by atoms with Gasteiger partial charge in [-0.15, -0.1) is 0 Å². The Balaban J connectivity index is 1.67. The van der Waals surface area contributed by atoms with Crippen molar-refractivity contribution >= 4 is 6.09 Å². The number of nitrogens with zero attached hydrogens (tertiary/aromatic N) is 1. The van der Waals surface area contributed by atoms with Gasteiger partial charge in [0, 0.05) is 25.8 Å². The Morgan fingerprint density at radius 2 is 1.92 bits per heavy atom. The number of pyridine rings is 1. The Morgan fingerprint density at radius 1 is 1.21 bits per heavy atom. The molecule has 0 aliphatic heterocycles. The van der Waals surface area contributed by atoms with Gasteiger partial charge in [0.1, 0.15) is 6.61 Å². The number of carbonyl (C=O) groups excluding carboxylic acids is 1. The number of nitrogens with two attached hydrogens (primary N) is 1. The number of aryl methyl sites for hydroxylation is 1. The lowest BCUT2D eigenvalue weighted by atomic mass is 10.1. The number of alkyl carbamates (subject to hydrolysis) is 1. The second-order valence-corrected chi connectivity index (χ2v) is 5.27. The summed E-state index contributed by atoms with van der Waals surface area (Å²) < 4.78 is 6.50. The quantitative estimate of drug-likeness (QED) is 0.664. The molecule has 0 saturated heterocycles. The average molecular weight is 331 g/mol. The maximum Gasteiger partial charge on any atom is 0.407 e. The zero-order valence-corrected chi connectivity index (χ0v) is 13.3. The number of hydrogen-bond acceptors (Lipinski definition) is 5. The van der Waals surface area contributed by atoms with Gasteiger partial charge < -0.3 is 25.5 Å². The predicted molar refractivity (Wildman–Crippen MR) is 89.5 cm³/mol. The van der Waals surface area contributed by atoms with Crippen molar-refractivity contribution < 1.29 is 14.6 Å². The normalized spacial score (nSPS) is 10.4. The van der Waals surface area contributed by atoms with Gasteiger partial charge in [0.15, 0.2) is 5.75 Å². The molecule has 0 fully saturated rings. The van der Waals surface area contributed by atoms with E-state index in [0.717, 1.165) is 11.1 Å². The van der Waals surface area contributed by atoms with E-state index in [-0.39, 0.29) is 12.4 Å². The van der Waals surface area contributed by atoms with Crippen LogP contribution in [0.4, 0.5) is 4.79 Å². The van der Waals surface area contributed by atoms with Crippen molar-refractivity contribution in [2.75, 3.05) is 6.54 Å². The number of aromatic hydroxyl groups is 1. The summed E-state index contributed by atoms with van der Waals surface area (Å²) in [6.45, 7) is 1.42. The molecule has 0 aliphatic rings. The summed E-state index contributed by atoms with van der Waals surface area (Å²) >= 11 is 0. The molecule has 0 saturated carbocycles. The highest BCUT2D eigenvalue weighted by atomic mass is 16.5. The first kappa shape index (κ1) is 17.6. The van der Waals surface area contributed by atoms with Crippen molar-refractivity contribution in [3.63, 3.8) is 0 Å². The number of rotatable bonds is 7. The summed E-state index contributed by atoms with van der Waals surface area (Å²) in [7, 11) is 0. The highest BCUT2D eigenvalue weighted by molar-refractivity contribution is 5.67. The van der Waals surface area contributed by atoms with Gasteiger partial charge in [0.25, 0.3) is 5.56 Å². The highest BCUT2D eigenvalue weighted by Crippen LogP contribution is 2.05. The Labute approximate surface area is 139 Å². The molecule has 128 valence electrons. The van der Waals surface area contributed by atoms with Crippen LogP contribution in [0.3, 0.4) is 0 Å². The molecular formula is C17H21N3O4. The van der Waals surface area contributed by atoms with E-state index in [0.29, 0.717) is 26.1 Å². The summed E-state index contributed by atoms with van der Waals surface area (Å²) in [5.74, 6) is -0.287. The first-order valence-electron chi connectivity index (χ1n) is 7.67. The molecule has 1 aromatic heterocycles. The van der Waals surface area contributed by atoms with E-state index < -0.39 is 11.7 Å². The van der Waals surface area contributed by atoms with E-state index in [1.54, 1.807) is 12.3 Å². The average Bonchev–Trinajstić information content (AvgIpc) is 2.60. The fourth-order valence-corrected chi connectivity index (χ4v) is 2.11. The fraction of sp³-hybridized carbons (Fsp3) is 0.294. The molecule has 1 heterocycles. The fourth-order valence-electron chi connectivity index (χ4n) is 2.11. The summed E-state index contributed by atoms with van der Waals surface area (Å²) in [5, 5.41) is 11.9. The number of carbonyl (C=O) groups is 1. The minimum atomic E-state index is -0.513. The third kappa shape index (κ3) is 5.13. The third-order valence-corrected chi connectivity index (χ3v) is 3.47. The minimum absolute atomic E-state index is 0.183. The smallest absolute Gasteiger partial charge is 0.407 e. The molecule has 7 nitrogen and oxygen atoms in total. The monoisotopic (exact) mass is 331 g/mol. The summed E-state index contributed by atoms with van der Waals surface area (Å²) in [6.07, 6.45) is 1.62.